The van der Waals surface area contributed by atoms with Crippen LogP contribution < -0.4 is 0 Å². The Morgan fingerprint density at radius 2 is 2.26 bits per heavy atom. The maximum atomic E-state index is 6.06. The number of rotatable bonds is 3. The summed E-state index contributed by atoms with van der Waals surface area (Å²) in [6, 6.07) is 6.38. The number of nitrogens with zero attached hydrogens (tertiary/aromatic N) is 3. The van der Waals surface area contributed by atoms with E-state index in [1.807, 2.05) is 11.6 Å². The van der Waals surface area contributed by atoms with E-state index in [9.17, 15) is 0 Å². The lowest BCUT2D eigenvalue weighted by Gasteiger charge is -2.14. The summed E-state index contributed by atoms with van der Waals surface area (Å²) >= 11 is 7.72. The van der Waals surface area contributed by atoms with E-state index in [0.717, 1.165) is 21.9 Å². The van der Waals surface area contributed by atoms with Gasteiger partial charge in [-0.05, 0) is 25.5 Å². The second kappa shape index (κ2) is 4.94. The van der Waals surface area contributed by atoms with Gasteiger partial charge in [0.25, 0.3) is 0 Å². The largest absolute Gasteiger partial charge is 0.317 e. The van der Waals surface area contributed by atoms with E-state index in [2.05, 4.69) is 46.6 Å². The molecule has 0 aliphatic heterocycles. The summed E-state index contributed by atoms with van der Waals surface area (Å²) in [6.45, 7) is 4.21. The van der Waals surface area contributed by atoms with Crippen LogP contribution >= 0.6 is 22.9 Å². The van der Waals surface area contributed by atoms with Gasteiger partial charge in [-0.25, -0.2) is 9.97 Å². The predicted octanol–water partition coefficient (Wildman–Crippen LogP) is 4.15. The molecular formula is C14H14ClN3S. The Bertz CT molecular complexity index is 703. The first kappa shape index (κ1) is 12.6. The second-order valence-electron chi connectivity index (χ2n) is 4.52. The number of aryl methyl sites for hydroxylation is 1. The van der Waals surface area contributed by atoms with E-state index in [4.69, 9.17) is 11.6 Å². The minimum Gasteiger partial charge on any atom is -0.317 e. The van der Waals surface area contributed by atoms with Crippen LogP contribution in [0.25, 0.3) is 11.0 Å². The zero-order valence-corrected chi connectivity index (χ0v) is 12.4. The van der Waals surface area contributed by atoms with Crippen molar-refractivity contribution in [2.45, 2.75) is 25.8 Å². The van der Waals surface area contributed by atoms with Gasteiger partial charge in [-0.15, -0.1) is 22.9 Å². The number of halogens is 1. The van der Waals surface area contributed by atoms with Crippen LogP contribution in [0.5, 0.6) is 0 Å². The van der Waals surface area contributed by atoms with Gasteiger partial charge in [-0.1, -0.05) is 12.1 Å². The van der Waals surface area contributed by atoms with Gasteiger partial charge in [0.2, 0.25) is 0 Å². The zero-order chi connectivity index (χ0) is 13.4. The van der Waals surface area contributed by atoms with Gasteiger partial charge in [0.15, 0.2) is 0 Å². The Hall–Kier alpha value is -1.39. The molecule has 3 nitrogen and oxygen atoms in total. The van der Waals surface area contributed by atoms with Gasteiger partial charge in [0.1, 0.15) is 10.8 Å². The maximum absolute atomic E-state index is 6.06. The summed E-state index contributed by atoms with van der Waals surface area (Å²) in [5.41, 5.74) is 3.33. The van der Waals surface area contributed by atoms with Crippen molar-refractivity contribution in [3.8, 4) is 0 Å². The number of imidazole rings is 1. The van der Waals surface area contributed by atoms with Crippen LogP contribution in [0.3, 0.4) is 0 Å². The monoisotopic (exact) mass is 291 g/mol. The number of hydrogen-bond donors (Lipinski definition) is 0. The molecule has 0 amide bonds. The highest BCUT2D eigenvalue weighted by molar-refractivity contribution is 7.09. The molecular weight excluding hydrogens is 278 g/mol. The first-order valence-electron chi connectivity index (χ1n) is 6.14. The second-order valence-corrected chi connectivity index (χ2v) is 5.71. The first-order chi connectivity index (χ1) is 9.22. The average Bonchev–Trinajstić information content (AvgIpc) is 3.05. The van der Waals surface area contributed by atoms with E-state index in [1.54, 1.807) is 11.3 Å². The molecule has 98 valence electrons. The Labute approximate surface area is 120 Å². The maximum Gasteiger partial charge on any atom is 0.125 e. The van der Waals surface area contributed by atoms with Crippen molar-refractivity contribution in [3.63, 3.8) is 0 Å². The fourth-order valence-electron chi connectivity index (χ4n) is 2.38. The van der Waals surface area contributed by atoms with Crippen molar-refractivity contribution >= 4 is 34.0 Å². The van der Waals surface area contributed by atoms with Gasteiger partial charge in [0.05, 0.1) is 23.0 Å². The molecule has 0 radical (unpaired) electrons. The Morgan fingerprint density at radius 3 is 2.95 bits per heavy atom. The molecule has 0 saturated heterocycles. The van der Waals surface area contributed by atoms with Crippen molar-refractivity contribution in [2.75, 3.05) is 0 Å². The van der Waals surface area contributed by atoms with Crippen LogP contribution in [-0.2, 0) is 5.88 Å². The summed E-state index contributed by atoms with van der Waals surface area (Å²) in [5, 5.41) is 3.07. The lowest BCUT2D eigenvalue weighted by Crippen LogP contribution is -2.09. The fourth-order valence-corrected chi connectivity index (χ4v) is 3.26. The molecule has 2 heterocycles. The molecule has 19 heavy (non-hydrogen) atoms. The Balaban J connectivity index is 2.24. The number of thiazole rings is 1. The molecule has 0 saturated carbocycles. The number of para-hydroxylation sites is 1. The number of aromatic nitrogens is 3. The van der Waals surface area contributed by atoms with Crippen LogP contribution in [0.2, 0.25) is 0 Å². The zero-order valence-electron chi connectivity index (χ0n) is 10.8. The summed E-state index contributed by atoms with van der Waals surface area (Å²) < 4.78 is 2.19. The SMILES string of the molecule is Cc1cccc2c1nc(CCl)n2C(C)c1nccs1. The highest BCUT2D eigenvalue weighted by Gasteiger charge is 2.18. The third-order valence-electron chi connectivity index (χ3n) is 3.31. The van der Waals surface area contributed by atoms with E-state index in [-0.39, 0.29) is 6.04 Å². The number of fused-ring (bicyclic) bond motifs is 1. The predicted molar refractivity (Wildman–Crippen MR) is 80.0 cm³/mol. The number of benzene rings is 1. The van der Waals surface area contributed by atoms with Gasteiger partial charge in [-0.3, -0.25) is 0 Å². The molecule has 0 fully saturated rings. The van der Waals surface area contributed by atoms with Crippen molar-refractivity contribution in [1.29, 1.82) is 0 Å². The van der Waals surface area contributed by atoms with Gasteiger partial charge in [0, 0.05) is 11.6 Å². The standard InChI is InChI=1S/C14H14ClN3S/c1-9-4-3-5-11-13(9)17-12(8-15)18(11)10(2)14-16-6-7-19-14/h3-7,10H,8H2,1-2H3. The Kier molecular flexibility index (Phi) is 3.29. The molecule has 1 atom stereocenters. The summed E-state index contributed by atoms with van der Waals surface area (Å²) in [6.07, 6.45) is 1.83. The first-order valence-corrected chi connectivity index (χ1v) is 7.55. The number of alkyl halides is 1. The van der Waals surface area contributed by atoms with Crippen molar-refractivity contribution in [3.05, 3.63) is 46.2 Å². The molecule has 3 aromatic rings. The van der Waals surface area contributed by atoms with Crippen LogP contribution in [0.1, 0.15) is 29.4 Å². The Morgan fingerprint density at radius 1 is 1.42 bits per heavy atom. The lowest BCUT2D eigenvalue weighted by atomic mass is 10.2. The molecule has 0 aliphatic carbocycles. The quantitative estimate of drug-likeness (QED) is 0.679. The van der Waals surface area contributed by atoms with E-state index in [1.165, 1.54) is 5.56 Å². The molecule has 2 aromatic heterocycles. The van der Waals surface area contributed by atoms with Crippen LogP contribution in [-0.4, -0.2) is 14.5 Å². The lowest BCUT2D eigenvalue weighted by molar-refractivity contribution is 0.630. The smallest absolute Gasteiger partial charge is 0.125 e. The van der Waals surface area contributed by atoms with Crippen LogP contribution in [0.15, 0.2) is 29.8 Å². The van der Waals surface area contributed by atoms with E-state index < -0.39 is 0 Å². The fraction of sp³-hybridized carbons (Fsp3) is 0.286. The minimum atomic E-state index is 0.153. The van der Waals surface area contributed by atoms with Gasteiger partial charge < -0.3 is 4.57 Å². The molecule has 0 aliphatic rings. The summed E-state index contributed by atoms with van der Waals surface area (Å²) in [4.78, 5) is 9.07. The average molecular weight is 292 g/mol. The topological polar surface area (TPSA) is 30.7 Å². The molecule has 1 aromatic carbocycles. The highest BCUT2D eigenvalue weighted by atomic mass is 35.5. The van der Waals surface area contributed by atoms with Crippen LogP contribution in [0.4, 0.5) is 0 Å². The molecule has 3 rings (SSSR count). The normalized spacial score (nSPS) is 13.0. The summed E-state index contributed by atoms with van der Waals surface area (Å²) in [5.74, 6) is 1.30. The van der Waals surface area contributed by atoms with Gasteiger partial charge in [-0.2, -0.15) is 0 Å². The third-order valence-corrected chi connectivity index (χ3v) is 4.50. The number of hydrogen-bond acceptors (Lipinski definition) is 3. The third kappa shape index (κ3) is 2.05. The van der Waals surface area contributed by atoms with E-state index >= 15 is 0 Å². The minimum absolute atomic E-state index is 0.153. The molecule has 0 spiro atoms. The van der Waals surface area contributed by atoms with Crippen molar-refractivity contribution < 1.29 is 0 Å². The van der Waals surface area contributed by atoms with Gasteiger partial charge >= 0.3 is 0 Å². The van der Waals surface area contributed by atoms with Crippen molar-refractivity contribution in [2.24, 2.45) is 0 Å². The molecule has 0 bridgehead atoms. The summed E-state index contributed by atoms with van der Waals surface area (Å²) in [7, 11) is 0. The molecule has 0 N–H and O–H groups in total. The molecule has 5 heteroatoms. The van der Waals surface area contributed by atoms with Crippen LogP contribution in [0, 0.1) is 6.92 Å². The van der Waals surface area contributed by atoms with E-state index in [0.29, 0.717) is 5.88 Å². The molecule has 1 unspecified atom stereocenters. The van der Waals surface area contributed by atoms with Crippen molar-refractivity contribution in [1.82, 2.24) is 14.5 Å². The highest BCUT2D eigenvalue weighted by Crippen LogP contribution is 2.29.